The SMILES string of the molecule is CC(C)OCCN(C)Cc1ccc(N)c2cccnc12. The molecule has 0 atom stereocenters. The summed E-state index contributed by atoms with van der Waals surface area (Å²) in [6, 6.07) is 7.95. The molecule has 4 nitrogen and oxygen atoms in total. The number of fused-ring (bicyclic) bond motifs is 1. The van der Waals surface area contributed by atoms with Gasteiger partial charge in [0.2, 0.25) is 0 Å². The Morgan fingerprint density at radius 1 is 1.30 bits per heavy atom. The summed E-state index contributed by atoms with van der Waals surface area (Å²) in [7, 11) is 2.09. The number of ether oxygens (including phenoxy) is 1. The van der Waals surface area contributed by atoms with Crippen molar-refractivity contribution in [3.8, 4) is 0 Å². The van der Waals surface area contributed by atoms with E-state index in [0.29, 0.717) is 0 Å². The van der Waals surface area contributed by atoms with Crippen molar-refractivity contribution >= 4 is 16.6 Å². The van der Waals surface area contributed by atoms with E-state index in [4.69, 9.17) is 10.5 Å². The molecule has 0 bridgehead atoms. The summed E-state index contributed by atoms with van der Waals surface area (Å²) >= 11 is 0. The van der Waals surface area contributed by atoms with Crippen molar-refractivity contribution in [2.45, 2.75) is 26.5 Å². The average Bonchev–Trinajstić information content (AvgIpc) is 2.42. The van der Waals surface area contributed by atoms with Gasteiger partial charge in [0.1, 0.15) is 0 Å². The van der Waals surface area contributed by atoms with Crippen LogP contribution in [0.2, 0.25) is 0 Å². The highest BCUT2D eigenvalue weighted by Gasteiger charge is 2.08. The number of pyridine rings is 1. The number of nitrogens with zero attached hydrogens (tertiary/aromatic N) is 2. The van der Waals surface area contributed by atoms with E-state index < -0.39 is 0 Å². The number of anilines is 1. The summed E-state index contributed by atoms with van der Waals surface area (Å²) in [5.41, 5.74) is 8.96. The Balaban J connectivity index is 2.08. The van der Waals surface area contributed by atoms with Gasteiger partial charge in [-0.1, -0.05) is 6.07 Å². The van der Waals surface area contributed by atoms with Crippen molar-refractivity contribution in [1.82, 2.24) is 9.88 Å². The smallest absolute Gasteiger partial charge is 0.0767 e. The van der Waals surface area contributed by atoms with Crippen molar-refractivity contribution in [3.63, 3.8) is 0 Å². The Morgan fingerprint density at radius 2 is 2.10 bits per heavy atom. The van der Waals surface area contributed by atoms with E-state index in [1.165, 1.54) is 5.56 Å². The summed E-state index contributed by atoms with van der Waals surface area (Å²) in [6.07, 6.45) is 2.09. The predicted octanol–water partition coefficient (Wildman–Crippen LogP) is 2.67. The molecule has 1 heterocycles. The van der Waals surface area contributed by atoms with Gasteiger partial charge in [0.25, 0.3) is 0 Å². The van der Waals surface area contributed by atoms with Crippen molar-refractivity contribution in [3.05, 3.63) is 36.0 Å². The van der Waals surface area contributed by atoms with E-state index in [0.717, 1.165) is 36.3 Å². The van der Waals surface area contributed by atoms with E-state index in [9.17, 15) is 0 Å². The Bertz CT molecular complexity index is 569. The van der Waals surface area contributed by atoms with Crippen LogP contribution in [-0.2, 0) is 11.3 Å². The minimum absolute atomic E-state index is 0.280. The van der Waals surface area contributed by atoms with E-state index in [1.807, 2.05) is 24.4 Å². The molecular weight excluding hydrogens is 250 g/mol. The molecular formula is C16H23N3O. The lowest BCUT2D eigenvalue weighted by Crippen LogP contribution is -2.24. The summed E-state index contributed by atoms with van der Waals surface area (Å²) in [4.78, 5) is 6.70. The maximum Gasteiger partial charge on any atom is 0.0767 e. The number of nitrogens with two attached hydrogens (primary N) is 1. The molecule has 0 amide bonds. The molecule has 0 unspecified atom stereocenters. The lowest BCUT2D eigenvalue weighted by molar-refractivity contribution is 0.0627. The fraction of sp³-hybridized carbons (Fsp3) is 0.438. The zero-order chi connectivity index (χ0) is 14.5. The molecule has 2 N–H and O–H groups in total. The molecule has 0 aliphatic rings. The van der Waals surface area contributed by atoms with Crippen LogP contribution in [0.25, 0.3) is 10.9 Å². The van der Waals surface area contributed by atoms with Crippen molar-refractivity contribution < 1.29 is 4.74 Å². The number of nitrogen functional groups attached to an aromatic ring is 1. The van der Waals surface area contributed by atoms with Crippen molar-refractivity contribution in [1.29, 1.82) is 0 Å². The molecule has 108 valence electrons. The molecule has 20 heavy (non-hydrogen) atoms. The zero-order valence-corrected chi connectivity index (χ0v) is 12.5. The second kappa shape index (κ2) is 6.68. The third kappa shape index (κ3) is 3.68. The zero-order valence-electron chi connectivity index (χ0n) is 12.5. The molecule has 0 saturated carbocycles. The first kappa shape index (κ1) is 14.8. The van der Waals surface area contributed by atoms with E-state index in [2.05, 4.69) is 36.8 Å². The fourth-order valence-electron chi connectivity index (χ4n) is 2.19. The van der Waals surface area contributed by atoms with Gasteiger partial charge in [0.05, 0.1) is 18.2 Å². The first-order valence-corrected chi connectivity index (χ1v) is 7.00. The lowest BCUT2D eigenvalue weighted by atomic mass is 10.1. The molecule has 0 radical (unpaired) electrons. The van der Waals surface area contributed by atoms with Gasteiger partial charge in [-0.2, -0.15) is 0 Å². The number of aromatic nitrogens is 1. The summed E-state index contributed by atoms with van der Waals surface area (Å²) < 4.78 is 5.58. The number of hydrogen-bond donors (Lipinski definition) is 1. The Hall–Kier alpha value is -1.65. The van der Waals surface area contributed by atoms with Crippen molar-refractivity contribution in [2.75, 3.05) is 25.9 Å². The first-order valence-electron chi connectivity index (χ1n) is 7.00. The maximum atomic E-state index is 6.00. The number of hydrogen-bond acceptors (Lipinski definition) is 4. The molecule has 1 aromatic heterocycles. The van der Waals surface area contributed by atoms with Gasteiger partial charge in [0, 0.05) is 30.4 Å². The molecule has 0 fully saturated rings. The molecule has 2 rings (SSSR count). The molecule has 0 saturated heterocycles. The van der Waals surface area contributed by atoms with Gasteiger partial charge in [-0.05, 0) is 44.7 Å². The largest absolute Gasteiger partial charge is 0.398 e. The monoisotopic (exact) mass is 273 g/mol. The standard InChI is InChI=1S/C16H23N3O/c1-12(2)20-10-9-19(3)11-13-6-7-15(17)14-5-4-8-18-16(13)14/h4-8,12H,9-11,17H2,1-3H3. The third-order valence-corrected chi connectivity index (χ3v) is 3.25. The van der Waals surface area contributed by atoms with Crippen LogP contribution in [0.1, 0.15) is 19.4 Å². The highest BCUT2D eigenvalue weighted by atomic mass is 16.5. The highest BCUT2D eigenvalue weighted by molar-refractivity contribution is 5.92. The lowest BCUT2D eigenvalue weighted by Gasteiger charge is -2.18. The third-order valence-electron chi connectivity index (χ3n) is 3.25. The van der Waals surface area contributed by atoms with Crippen LogP contribution < -0.4 is 5.73 Å². The van der Waals surface area contributed by atoms with Crippen LogP contribution in [0, 0.1) is 0 Å². The average molecular weight is 273 g/mol. The minimum atomic E-state index is 0.280. The van der Waals surface area contributed by atoms with Crippen LogP contribution in [0.15, 0.2) is 30.5 Å². The Kier molecular flexibility index (Phi) is 4.93. The second-order valence-corrected chi connectivity index (χ2v) is 5.37. The van der Waals surface area contributed by atoms with Crippen LogP contribution in [0.4, 0.5) is 5.69 Å². The molecule has 0 aliphatic carbocycles. The summed E-state index contributed by atoms with van der Waals surface area (Å²) in [5, 5.41) is 1.02. The first-order chi connectivity index (χ1) is 9.58. The predicted molar refractivity (Wildman–Crippen MR) is 83.6 cm³/mol. The van der Waals surface area contributed by atoms with E-state index in [1.54, 1.807) is 0 Å². The van der Waals surface area contributed by atoms with Crippen LogP contribution in [0.5, 0.6) is 0 Å². The Labute approximate surface area is 120 Å². The van der Waals surface area contributed by atoms with Gasteiger partial charge in [-0.25, -0.2) is 0 Å². The number of benzene rings is 1. The van der Waals surface area contributed by atoms with Gasteiger partial charge in [-0.15, -0.1) is 0 Å². The molecule has 0 spiro atoms. The highest BCUT2D eigenvalue weighted by Crippen LogP contribution is 2.23. The fourth-order valence-corrected chi connectivity index (χ4v) is 2.19. The Morgan fingerprint density at radius 3 is 2.85 bits per heavy atom. The van der Waals surface area contributed by atoms with Crippen molar-refractivity contribution in [2.24, 2.45) is 0 Å². The molecule has 1 aromatic carbocycles. The summed E-state index contributed by atoms with van der Waals surface area (Å²) in [6.45, 7) is 6.59. The van der Waals surface area contributed by atoms with Gasteiger partial charge < -0.3 is 10.5 Å². The van der Waals surface area contributed by atoms with Gasteiger partial charge in [-0.3, -0.25) is 9.88 Å². The maximum absolute atomic E-state index is 6.00. The van der Waals surface area contributed by atoms with Gasteiger partial charge >= 0.3 is 0 Å². The molecule has 4 heteroatoms. The van der Waals surface area contributed by atoms with Crippen LogP contribution >= 0.6 is 0 Å². The molecule has 2 aromatic rings. The van der Waals surface area contributed by atoms with E-state index >= 15 is 0 Å². The van der Waals surface area contributed by atoms with Crippen LogP contribution in [0.3, 0.4) is 0 Å². The second-order valence-electron chi connectivity index (χ2n) is 5.37. The molecule has 0 aliphatic heterocycles. The quantitative estimate of drug-likeness (QED) is 0.822. The minimum Gasteiger partial charge on any atom is -0.398 e. The topological polar surface area (TPSA) is 51.4 Å². The summed E-state index contributed by atoms with van der Waals surface area (Å²) in [5.74, 6) is 0. The number of rotatable bonds is 6. The number of likely N-dealkylation sites (N-methyl/N-ethyl adjacent to an activating group) is 1. The van der Waals surface area contributed by atoms with Crippen LogP contribution in [-0.4, -0.2) is 36.2 Å². The normalized spacial score (nSPS) is 11.7. The van der Waals surface area contributed by atoms with Gasteiger partial charge in [0.15, 0.2) is 0 Å². The van der Waals surface area contributed by atoms with E-state index in [-0.39, 0.29) is 6.10 Å².